The van der Waals surface area contributed by atoms with E-state index in [-0.39, 0.29) is 6.10 Å². The van der Waals surface area contributed by atoms with Gasteiger partial charge in [-0.15, -0.1) is 0 Å². The van der Waals surface area contributed by atoms with Crippen molar-refractivity contribution in [1.82, 2.24) is 10.2 Å². The summed E-state index contributed by atoms with van der Waals surface area (Å²) in [7, 11) is 0. The van der Waals surface area contributed by atoms with Gasteiger partial charge < -0.3 is 15.0 Å². The van der Waals surface area contributed by atoms with E-state index in [2.05, 4.69) is 12.2 Å². The van der Waals surface area contributed by atoms with E-state index in [0.717, 1.165) is 52.0 Å². The van der Waals surface area contributed by atoms with Gasteiger partial charge in [0.05, 0.1) is 6.10 Å². The van der Waals surface area contributed by atoms with Crippen LogP contribution in [0.2, 0.25) is 0 Å². The van der Waals surface area contributed by atoms with Gasteiger partial charge in [0, 0.05) is 26.1 Å². The van der Waals surface area contributed by atoms with Crippen LogP contribution in [0.5, 0.6) is 0 Å². The number of rotatable bonds is 6. The Morgan fingerprint density at radius 1 is 1.44 bits per heavy atom. The summed E-state index contributed by atoms with van der Waals surface area (Å²) in [6.45, 7) is 6.73. The van der Waals surface area contributed by atoms with Crippen LogP contribution in [0.15, 0.2) is 0 Å². The molecule has 0 spiro atoms. The fourth-order valence-corrected chi connectivity index (χ4v) is 2.89. The number of nitrogens with one attached hydrogen (secondary N) is 1. The van der Waals surface area contributed by atoms with Crippen LogP contribution in [0.1, 0.15) is 39.0 Å². The van der Waals surface area contributed by atoms with Crippen molar-refractivity contribution in [3.05, 3.63) is 0 Å². The second-order valence-electron chi connectivity index (χ2n) is 5.46. The Kier molecular flexibility index (Phi) is 5.45. The molecular weight excluding hydrogens is 228 g/mol. The lowest BCUT2D eigenvalue weighted by molar-refractivity contribution is -0.132. The van der Waals surface area contributed by atoms with Crippen molar-refractivity contribution < 1.29 is 9.53 Å². The third-order valence-electron chi connectivity index (χ3n) is 4.11. The minimum Gasteiger partial charge on any atom is -0.376 e. The van der Waals surface area contributed by atoms with E-state index in [9.17, 15) is 4.79 Å². The van der Waals surface area contributed by atoms with E-state index in [4.69, 9.17) is 4.74 Å². The first kappa shape index (κ1) is 13.8. The van der Waals surface area contributed by atoms with Gasteiger partial charge in [-0.05, 0) is 51.6 Å². The molecule has 0 radical (unpaired) electrons. The molecule has 0 aliphatic carbocycles. The summed E-state index contributed by atoms with van der Waals surface area (Å²) in [5.41, 5.74) is 0. The van der Waals surface area contributed by atoms with E-state index in [1.807, 2.05) is 4.90 Å². The summed E-state index contributed by atoms with van der Waals surface area (Å²) >= 11 is 0. The number of hydrogen-bond donors (Lipinski definition) is 1. The maximum absolute atomic E-state index is 12.2. The van der Waals surface area contributed by atoms with Crippen LogP contribution in [-0.2, 0) is 9.53 Å². The van der Waals surface area contributed by atoms with Crippen molar-refractivity contribution in [3.63, 3.8) is 0 Å². The number of ether oxygens (including phenoxy) is 1. The lowest BCUT2D eigenvalue weighted by Gasteiger charge is -2.24. The standard InChI is InChI=1S/C14H26N2O2/c1-2-16(11-13-4-3-9-18-13)14(17)6-5-12-7-8-15-10-12/h12-13,15H,2-11H2,1H3. The van der Waals surface area contributed by atoms with Crippen LogP contribution in [0, 0.1) is 5.92 Å². The van der Waals surface area contributed by atoms with Crippen molar-refractivity contribution in [2.75, 3.05) is 32.8 Å². The molecule has 0 aromatic rings. The molecule has 0 aromatic heterocycles. The summed E-state index contributed by atoms with van der Waals surface area (Å²) < 4.78 is 5.61. The molecule has 2 heterocycles. The minimum atomic E-state index is 0.280. The van der Waals surface area contributed by atoms with E-state index in [1.165, 1.54) is 6.42 Å². The normalized spacial score (nSPS) is 27.6. The van der Waals surface area contributed by atoms with Crippen LogP contribution in [0.25, 0.3) is 0 Å². The van der Waals surface area contributed by atoms with E-state index < -0.39 is 0 Å². The van der Waals surface area contributed by atoms with Crippen molar-refractivity contribution in [1.29, 1.82) is 0 Å². The number of carbonyl (C=O) groups excluding carboxylic acids is 1. The molecule has 2 aliphatic rings. The summed E-state index contributed by atoms with van der Waals surface area (Å²) in [4.78, 5) is 14.1. The first-order valence-corrected chi connectivity index (χ1v) is 7.39. The Labute approximate surface area is 110 Å². The second-order valence-corrected chi connectivity index (χ2v) is 5.46. The molecule has 2 aliphatic heterocycles. The highest BCUT2D eigenvalue weighted by Crippen LogP contribution is 2.17. The molecular formula is C14H26N2O2. The Morgan fingerprint density at radius 2 is 2.33 bits per heavy atom. The fourth-order valence-electron chi connectivity index (χ4n) is 2.89. The highest BCUT2D eigenvalue weighted by Gasteiger charge is 2.22. The molecule has 4 nitrogen and oxygen atoms in total. The third kappa shape index (κ3) is 3.95. The molecule has 2 unspecified atom stereocenters. The Bertz CT molecular complexity index is 259. The smallest absolute Gasteiger partial charge is 0.222 e. The van der Waals surface area contributed by atoms with Gasteiger partial charge in [0.15, 0.2) is 0 Å². The molecule has 1 N–H and O–H groups in total. The van der Waals surface area contributed by atoms with Gasteiger partial charge in [-0.25, -0.2) is 0 Å². The number of hydrogen-bond acceptors (Lipinski definition) is 3. The predicted octanol–water partition coefficient (Wildman–Crippen LogP) is 1.40. The summed E-state index contributed by atoms with van der Waals surface area (Å²) in [6.07, 6.45) is 5.49. The van der Waals surface area contributed by atoms with E-state index in [0.29, 0.717) is 18.2 Å². The van der Waals surface area contributed by atoms with Gasteiger partial charge >= 0.3 is 0 Å². The fraction of sp³-hybridized carbons (Fsp3) is 0.929. The average Bonchev–Trinajstić information content (AvgIpc) is 3.06. The first-order valence-electron chi connectivity index (χ1n) is 7.39. The van der Waals surface area contributed by atoms with Gasteiger partial charge in [-0.1, -0.05) is 0 Å². The van der Waals surface area contributed by atoms with Crippen LogP contribution >= 0.6 is 0 Å². The highest BCUT2D eigenvalue weighted by atomic mass is 16.5. The quantitative estimate of drug-likeness (QED) is 0.779. The number of amides is 1. The molecule has 4 heteroatoms. The van der Waals surface area contributed by atoms with Crippen molar-refractivity contribution in [2.24, 2.45) is 5.92 Å². The number of nitrogens with zero attached hydrogens (tertiary/aromatic N) is 1. The summed E-state index contributed by atoms with van der Waals surface area (Å²) in [6, 6.07) is 0. The number of likely N-dealkylation sites (N-methyl/N-ethyl adjacent to an activating group) is 1. The Morgan fingerprint density at radius 3 is 2.94 bits per heavy atom. The first-order chi connectivity index (χ1) is 8.79. The molecule has 0 bridgehead atoms. The molecule has 2 atom stereocenters. The van der Waals surface area contributed by atoms with Crippen LogP contribution < -0.4 is 5.32 Å². The molecule has 2 rings (SSSR count). The lowest BCUT2D eigenvalue weighted by atomic mass is 10.0. The largest absolute Gasteiger partial charge is 0.376 e. The van der Waals surface area contributed by atoms with Gasteiger partial charge in [-0.3, -0.25) is 4.79 Å². The van der Waals surface area contributed by atoms with Crippen molar-refractivity contribution in [2.45, 2.75) is 45.1 Å². The van der Waals surface area contributed by atoms with Gasteiger partial charge in [0.2, 0.25) is 5.91 Å². The van der Waals surface area contributed by atoms with E-state index in [1.54, 1.807) is 0 Å². The molecule has 1 amide bonds. The molecule has 104 valence electrons. The molecule has 2 fully saturated rings. The lowest BCUT2D eigenvalue weighted by Crippen LogP contribution is -2.37. The van der Waals surface area contributed by atoms with E-state index >= 15 is 0 Å². The average molecular weight is 254 g/mol. The van der Waals surface area contributed by atoms with Crippen molar-refractivity contribution in [3.8, 4) is 0 Å². The zero-order valence-electron chi connectivity index (χ0n) is 11.5. The molecule has 18 heavy (non-hydrogen) atoms. The number of carbonyl (C=O) groups is 1. The molecule has 2 saturated heterocycles. The molecule has 0 saturated carbocycles. The Balaban J connectivity index is 1.70. The zero-order valence-corrected chi connectivity index (χ0v) is 11.5. The molecule has 0 aromatic carbocycles. The zero-order chi connectivity index (χ0) is 12.8. The second kappa shape index (κ2) is 7.10. The highest BCUT2D eigenvalue weighted by molar-refractivity contribution is 5.76. The topological polar surface area (TPSA) is 41.6 Å². The Hall–Kier alpha value is -0.610. The monoisotopic (exact) mass is 254 g/mol. The maximum atomic E-state index is 12.2. The van der Waals surface area contributed by atoms with Gasteiger partial charge in [0.1, 0.15) is 0 Å². The summed E-state index contributed by atoms with van der Waals surface area (Å²) in [5.74, 6) is 1.01. The van der Waals surface area contributed by atoms with Crippen molar-refractivity contribution >= 4 is 5.91 Å². The minimum absolute atomic E-state index is 0.280. The third-order valence-corrected chi connectivity index (χ3v) is 4.11. The van der Waals surface area contributed by atoms with Gasteiger partial charge in [0.25, 0.3) is 0 Å². The van der Waals surface area contributed by atoms with Crippen LogP contribution in [0.3, 0.4) is 0 Å². The maximum Gasteiger partial charge on any atom is 0.222 e. The van der Waals surface area contributed by atoms with Gasteiger partial charge in [-0.2, -0.15) is 0 Å². The van der Waals surface area contributed by atoms with Crippen LogP contribution in [0.4, 0.5) is 0 Å². The van der Waals surface area contributed by atoms with Crippen LogP contribution in [-0.4, -0.2) is 49.7 Å². The predicted molar refractivity (Wildman–Crippen MR) is 71.4 cm³/mol. The SMILES string of the molecule is CCN(CC1CCCO1)C(=O)CCC1CCNC1. The summed E-state index contributed by atoms with van der Waals surface area (Å²) in [5, 5.41) is 3.35.